The van der Waals surface area contributed by atoms with E-state index in [2.05, 4.69) is 49.4 Å². The Kier molecular flexibility index (Phi) is 2.46. The van der Waals surface area contributed by atoms with Gasteiger partial charge in [-0.15, -0.1) is 11.3 Å². The van der Waals surface area contributed by atoms with Crippen molar-refractivity contribution in [2.45, 2.75) is 25.7 Å². The Labute approximate surface area is 116 Å². The van der Waals surface area contributed by atoms with Crippen LogP contribution in [0, 0.1) is 6.92 Å². The van der Waals surface area contributed by atoms with Gasteiger partial charge in [0.2, 0.25) is 0 Å². The van der Waals surface area contributed by atoms with E-state index in [4.69, 9.17) is 4.98 Å². The molecule has 1 nitrogen and oxygen atoms in total. The van der Waals surface area contributed by atoms with Gasteiger partial charge in [0.15, 0.2) is 0 Å². The summed E-state index contributed by atoms with van der Waals surface area (Å²) < 4.78 is 1.28. The quantitative estimate of drug-likeness (QED) is 0.624. The Hall–Kier alpha value is -1.67. The average molecular weight is 265 g/mol. The summed E-state index contributed by atoms with van der Waals surface area (Å²) in [5.74, 6) is 0.826. The minimum absolute atomic E-state index is 0.826. The summed E-state index contributed by atoms with van der Waals surface area (Å²) in [5.41, 5.74) is 5.13. The monoisotopic (exact) mass is 265 g/mol. The zero-order valence-corrected chi connectivity index (χ0v) is 11.7. The molecule has 19 heavy (non-hydrogen) atoms. The molecule has 0 radical (unpaired) electrons. The lowest BCUT2D eigenvalue weighted by Crippen LogP contribution is -1.80. The van der Waals surface area contributed by atoms with Crippen LogP contribution in [-0.2, 0) is 0 Å². The van der Waals surface area contributed by atoms with Gasteiger partial charge < -0.3 is 0 Å². The normalized spacial score (nSPS) is 15.0. The number of aromatic nitrogens is 1. The molecule has 2 aromatic carbocycles. The summed E-state index contributed by atoms with van der Waals surface area (Å²) in [6.45, 7) is 2.13. The Morgan fingerprint density at radius 3 is 2.58 bits per heavy atom. The predicted molar refractivity (Wildman–Crippen MR) is 81.8 cm³/mol. The number of hydrogen-bond donors (Lipinski definition) is 0. The third-order valence-electron chi connectivity index (χ3n) is 3.75. The average Bonchev–Trinajstić information content (AvgIpc) is 3.19. The van der Waals surface area contributed by atoms with Gasteiger partial charge in [0.1, 0.15) is 5.01 Å². The first-order chi connectivity index (χ1) is 9.29. The summed E-state index contributed by atoms with van der Waals surface area (Å²) >= 11 is 1.78. The lowest BCUT2D eigenvalue weighted by Gasteiger charge is -1.99. The maximum absolute atomic E-state index is 4.73. The number of thiazole rings is 1. The number of benzene rings is 2. The Bertz CT molecular complexity index is 736. The van der Waals surface area contributed by atoms with Crippen molar-refractivity contribution in [2.75, 3.05) is 0 Å². The maximum Gasteiger partial charge on any atom is 0.124 e. The molecular formula is C17H15NS. The second-order valence-electron chi connectivity index (χ2n) is 5.39. The predicted octanol–water partition coefficient (Wildman–Crippen LogP) is 5.15. The molecule has 1 aliphatic rings. The third-order valence-corrected chi connectivity index (χ3v) is 4.82. The summed E-state index contributed by atoms with van der Waals surface area (Å²) in [6.07, 6.45) is 2.72. The Morgan fingerprint density at radius 2 is 1.84 bits per heavy atom. The highest BCUT2D eigenvalue weighted by molar-refractivity contribution is 7.21. The third kappa shape index (κ3) is 2.06. The number of aryl methyl sites for hydroxylation is 1. The van der Waals surface area contributed by atoms with Crippen molar-refractivity contribution >= 4 is 21.6 Å². The van der Waals surface area contributed by atoms with E-state index >= 15 is 0 Å². The molecule has 1 heterocycles. The van der Waals surface area contributed by atoms with E-state index in [1.807, 2.05) is 0 Å². The van der Waals surface area contributed by atoms with E-state index in [0.717, 1.165) is 16.4 Å². The lowest BCUT2D eigenvalue weighted by molar-refractivity contribution is 1.13. The van der Waals surface area contributed by atoms with Crippen LogP contribution in [0.3, 0.4) is 0 Å². The fourth-order valence-electron chi connectivity index (χ4n) is 2.47. The van der Waals surface area contributed by atoms with Crippen LogP contribution in [0.25, 0.3) is 20.8 Å². The van der Waals surface area contributed by atoms with E-state index in [9.17, 15) is 0 Å². The van der Waals surface area contributed by atoms with Crippen LogP contribution in [-0.4, -0.2) is 4.98 Å². The Balaban J connectivity index is 1.76. The Morgan fingerprint density at radius 1 is 1.05 bits per heavy atom. The molecule has 4 rings (SSSR count). The molecule has 0 saturated heterocycles. The van der Waals surface area contributed by atoms with E-state index in [1.165, 1.54) is 34.2 Å². The van der Waals surface area contributed by atoms with Crippen LogP contribution in [0.15, 0.2) is 42.5 Å². The number of nitrogens with zero attached hydrogens (tertiary/aromatic N) is 1. The van der Waals surface area contributed by atoms with Gasteiger partial charge in [0.05, 0.1) is 10.2 Å². The van der Waals surface area contributed by atoms with E-state index in [-0.39, 0.29) is 0 Å². The van der Waals surface area contributed by atoms with E-state index in [0.29, 0.717) is 0 Å². The van der Waals surface area contributed by atoms with Crippen molar-refractivity contribution in [3.05, 3.63) is 53.6 Å². The molecule has 1 fully saturated rings. The van der Waals surface area contributed by atoms with Crippen molar-refractivity contribution in [1.82, 2.24) is 4.98 Å². The molecule has 2 heteroatoms. The van der Waals surface area contributed by atoms with Gasteiger partial charge in [-0.25, -0.2) is 4.98 Å². The second kappa shape index (κ2) is 4.17. The first kappa shape index (κ1) is 11.2. The summed E-state index contributed by atoms with van der Waals surface area (Å²) in [5, 5.41) is 1.13. The topological polar surface area (TPSA) is 12.9 Å². The second-order valence-corrected chi connectivity index (χ2v) is 6.42. The first-order valence-electron chi connectivity index (χ1n) is 6.77. The highest BCUT2D eigenvalue weighted by atomic mass is 32.1. The summed E-state index contributed by atoms with van der Waals surface area (Å²) in [7, 11) is 0. The first-order valence-corrected chi connectivity index (χ1v) is 7.59. The fourth-order valence-corrected chi connectivity index (χ4v) is 3.54. The van der Waals surface area contributed by atoms with Crippen LogP contribution in [0.5, 0.6) is 0 Å². The number of fused-ring (bicyclic) bond motifs is 1. The molecule has 0 spiro atoms. The van der Waals surface area contributed by atoms with Gasteiger partial charge >= 0.3 is 0 Å². The minimum Gasteiger partial charge on any atom is -0.236 e. The molecular weight excluding hydrogens is 250 g/mol. The SMILES string of the molecule is Cc1ccc2nc(-c3ccc(C4CC4)cc3)sc2c1. The molecule has 0 bridgehead atoms. The highest BCUT2D eigenvalue weighted by Crippen LogP contribution is 2.40. The van der Waals surface area contributed by atoms with Gasteiger partial charge in [-0.3, -0.25) is 0 Å². The molecule has 0 unspecified atom stereocenters. The lowest BCUT2D eigenvalue weighted by atomic mass is 10.1. The molecule has 0 aliphatic heterocycles. The molecule has 0 amide bonds. The molecule has 0 atom stereocenters. The smallest absolute Gasteiger partial charge is 0.124 e. The van der Waals surface area contributed by atoms with Crippen LogP contribution in [0.4, 0.5) is 0 Å². The fraction of sp³-hybridized carbons (Fsp3) is 0.235. The van der Waals surface area contributed by atoms with Crippen molar-refractivity contribution in [1.29, 1.82) is 0 Å². The highest BCUT2D eigenvalue weighted by Gasteiger charge is 2.23. The van der Waals surface area contributed by atoms with Gasteiger partial charge in [-0.2, -0.15) is 0 Å². The summed E-state index contributed by atoms with van der Waals surface area (Å²) in [6, 6.07) is 15.4. The van der Waals surface area contributed by atoms with Crippen molar-refractivity contribution in [3.8, 4) is 10.6 Å². The molecule has 1 aliphatic carbocycles. The van der Waals surface area contributed by atoms with Crippen molar-refractivity contribution in [3.63, 3.8) is 0 Å². The van der Waals surface area contributed by atoms with Crippen LogP contribution < -0.4 is 0 Å². The van der Waals surface area contributed by atoms with Crippen molar-refractivity contribution in [2.24, 2.45) is 0 Å². The van der Waals surface area contributed by atoms with Gasteiger partial charge in [-0.1, -0.05) is 30.3 Å². The maximum atomic E-state index is 4.73. The molecule has 0 N–H and O–H groups in total. The molecule has 94 valence electrons. The van der Waals surface area contributed by atoms with Crippen molar-refractivity contribution < 1.29 is 0 Å². The zero-order chi connectivity index (χ0) is 12.8. The molecule has 1 saturated carbocycles. The number of rotatable bonds is 2. The standard InChI is InChI=1S/C17H15NS/c1-11-2-9-15-16(10-11)19-17(18-15)14-7-5-13(6-8-14)12-3-4-12/h2,5-10,12H,3-4H2,1H3. The minimum atomic E-state index is 0.826. The van der Waals surface area contributed by atoms with E-state index < -0.39 is 0 Å². The largest absolute Gasteiger partial charge is 0.236 e. The zero-order valence-electron chi connectivity index (χ0n) is 10.9. The molecule has 1 aromatic heterocycles. The van der Waals surface area contributed by atoms with Gasteiger partial charge in [0, 0.05) is 5.56 Å². The van der Waals surface area contributed by atoms with E-state index in [1.54, 1.807) is 11.3 Å². The molecule has 3 aromatic rings. The van der Waals surface area contributed by atoms with Crippen LogP contribution in [0.1, 0.15) is 29.9 Å². The van der Waals surface area contributed by atoms with Crippen LogP contribution >= 0.6 is 11.3 Å². The van der Waals surface area contributed by atoms with Gasteiger partial charge in [-0.05, 0) is 48.9 Å². The van der Waals surface area contributed by atoms with Gasteiger partial charge in [0.25, 0.3) is 0 Å². The van der Waals surface area contributed by atoms with Crippen LogP contribution in [0.2, 0.25) is 0 Å². The number of hydrogen-bond acceptors (Lipinski definition) is 2. The summed E-state index contributed by atoms with van der Waals surface area (Å²) in [4.78, 5) is 4.73.